The first kappa shape index (κ1) is 12.8. The molecule has 5 heteroatoms. The second kappa shape index (κ2) is 4.94. The van der Waals surface area contributed by atoms with E-state index in [9.17, 15) is 4.79 Å². The van der Waals surface area contributed by atoms with Gasteiger partial charge < -0.3 is 5.32 Å². The highest BCUT2D eigenvalue weighted by Crippen LogP contribution is 2.19. The van der Waals surface area contributed by atoms with Gasteiger partial charge in [-0.3, -0.25) is 9.48 Å². The van der Waals surface area contributed by atoms with Crippen LogP contribution in [0.1, 0.15) is 38.8 Å². The summed E-state index contributed by atoms with van der Waals surface area (Å²) in [6, 6.07) is 3.78. The fourth-order valence-electron chi connectivity index (χ4n) is 1.84. The molecule has 0 fully saturated rings. The van der Waals surface area contributed by atoms with Gasteiger partial charge in [-0.05, 0) is 32.9 Å². The van der Waals surface area contributed by atoms with Crippen molar-refractivity contribution >= 4 is 17.2 Å². The van der Waals surface area contributed by atoms with E-state index < -0.39 is 0 Å². The third-order valence-corrected chi connectivity index (χ3v) is 4.05. The maximum absolute atomic E-state index is 12.0. The van der Waals surface area contributed by atoms with E-state index in [0.29, 0.717) is 0 Å². The third-order valence-electron chi connectivity index (χ3n) is 3.05. The Morgan fingerprint density at radius 1 is 1.44 bits per heavy atom. The Morgan fingerprint density at radius 2 is 2.17 bits per heavy atom. The molecule has 1 amide bonds. The second-order valence-corrected chi connectivity index (χ2v) is 5.70. The number of carbonyl (C=O) groups is 1. The van der Waals surface area contributed by atoms with Gasteiger partial charge in [0.2, 0.25) is 0 Å². The number of carbonyl (C=O) groups excluding carboxylic acids is 1. The molecule has 18 heavy (non-hydrogen) atoms. The van der Waals surface area contributed by atoms with E-state index in [1.54, 1.807) is 6.20 Å². The van der Waals surface area contributed by atoms with Crippen molar-refractivity contribution in [3.8, 4) is 0 Å². The summed E-state index contributed by atoms with van der Waals surface area (Å²) >= 11 is 1.51. The zero-order valence-corrected chi connectivity index (χ0v) is 11.8. The number of aryl methyl sites for hydroxylation is 2. The van der Waals surface area contributed by atoms with Crippen LogP contribution >= 0.6 is 11.3 Å². The van der Waals surface area contributed by atoms with Crippen LogP contribution in [-0.4, -0.2) is 15.7 Å². The van der Waals surface area contributed by atoms with Crippen molar-refractivity contribution in [3.63, 3.8) is 0 Å². The predicted octanol–water partition coefficient (Wildman–Crippen LogP) is 2.59. The number of nitrogens with one attached hydrogen (secondary N) is 1. The maximum Gasteiger partial charge on any atom is 0.261 e. The Kier molecular flexibility index (Phi) is 3.52. The molecular formula is C13H17N3OS. The van der Waals surface area contributed by atoms with E-state index in [4.69, 9.17) is 0 Å². The first-order valence-corrected chi connectivity index (χ1v) is 6.66. The van der Waals surface area contributed by atoms with Crippen molar-refractivity contribution in [2.75, 3.05) is 0 Å². The molecule has 0 aliphatic carbocycles. The maximum atomic E-state index is 12.0. The summed E-state index contributed by atoms with van der Waals surface area (Å²) in [5, 5.41) is 7.19. The Balaban J connectivity index is 2.10. The fourth-order valence-corrected chi connectivity index (χ4v) is 2.61. The molecule has 2 rings (SSSR count). The van der Waals surface area contributed by atoms with Crippen molar-refractivity contribution in [2.45, 2.75) is 26.8 Å². The van der Waals surface area contributed by atoms with Crippen molar-refractivity contribution in [1.29, 1.82) is 0 Å². The standard InChI is InChI=1S/C13H17N3OS/c1-8-5-6-12(18-8)13(17)15-9(2)11-7-14-16(4)10(11)3/h5-7,9H,1-4H3,(H,15,17). The minimum absolute atomic E-state index is 0.0242. The lowest BCUT2D eigenvalue weighted by atomic mass is 10.1. The van der Waals surface area contributed by atoms with Crippen LogP contribution < -0.4 is 5.32 Å². The number of thiophene rings is 1. The largest absolute Gasteiger partial charge is 0.345 e. The third kappa shape index (κ3) is 2.46. The molecule has 0 bridgehead atoms. The van der Waals surface area contributed by atoms with Crippen molar-refractivity contribution < 1.29 is 4.79 Å². The number of nitrogens with zero attached hydrogens (tertiary/aromatic N) is 2. The minimum atomic E-state index is -0.0337. The molecule has 0 aliphatic rings. The summed E-state index contributed by atoms with van der Waals surface area (Å²) in [6.45, 7) is 5.97. The van der Waals surface area contributed by atoms with Gasteiger partial charge in [-0.25, -0.2) is 0 Å². The summed E-state index contributed by atoms with van der Waals surface area (Å²) in [7, 11) is 1.90. The highest BCUT2D eigenvalue weighted by Gasteiger charge is 2.16. The number of rotatable bonds is 3. The molecule has 4 nitrogen and oxygen atoms in total. The summed E-state index contributed by atoms with van der Waals surface area (Å²) in [6.07, 6.45) is 1.81. The Bertz CT molecular complexity index is 571. The van der Waals surface area contributed by atoms with E-state index >= 15 is 0 Å². The average Bonchev–Trinajstić information content (AvgIpc) is 2.87. The number of hydrogen-bond donors (Lipinski definition) is 1. The zero-order chi connectivity index (χ0) is 13.3. The highest BCUT2D eigenvalue weighted by molar-refractivity contribution is 7.13. The van der Waals surface area contributed by atoms with E-state index in [-0.39, 0.29) is 11.9 Å². The first-order valence-electron chi connectivity index (χ1n) is 5.85. The van der Waals surface area contributed by atoms with Gasteiger partial charge in [-0.15, -0.1) is 11.3 Å². The van der Waals surface area contributed by atoms with Crippen molar-refractivity contribution in [1.82, 2.24) is 15.1 Å². The normalized spacial score (nSPS) is 12.4. The monoisotopic (exact) mass is 263 g/mol. The number of amides is 1. The number of aromatic nitrogens is 2. The smallest absolute Gasteiger partial charge is 0.261 e. The van der Waals surface area contributed by atoms with Crippen LogP contribution in [0.25, 0.3) is 0 Å². The van der Waals surface area contributed by atoms with Gasteiger partial charge in [0.1, 0.15) is 0 Å². The second-order valence-electron chi connectivity index (χ2n) is 4.41. The van der Waals surface area contributed by atoms with Crippen molar-refractivity contribution in [2.24, 2.45) is 7.05 Å². The van der Waals surface area contributed by atoms with Gasteiger partial charge in [-0.1, -0.05) is 0 Å². The molecule has 0 spiro atoms. The summed E-state index contributed by atoms with van der Waals surface area (Å²) in [5.41, 5.74) is 2.13. The van der Waals surface area contributed by atoms with Gasteiger partial charge in [0, 0.05) is 23.2 Å². The minimum Gasteiger partial charge on any atom is -0.345 e. The highest BCUT2D eigenvalue weighted by atomic mass is 32.1. The molecule has 2 aromatic heterocycles. The molecule has 0 aromatic carbocycles. The average molecular weight is 263 g/mol. The summed E-state index contributed by atoms with van der Waals surface area (Å²) in [4.78, 5) is 13.9. The molecule has 2 aromatic rings. The van der Waals surface area contributed by atoms with Crippen LogP contribution in [0, 0.1) is 13.8 Å². The molecule has 1 atom stereocenters. The van der Waals surface area contributed by atoms with Crippen LogP contribution in [0.2, 0.25) is 0 Å². The van der Waals surface area contributed by atoms with Crippen LogP contribution in [0.15, 0.2) is 18.3 Å². The van der Waals surface area contributed by atoms with Crippen LogP contribution in [-0.2, 0) is 7.05 Å². The quantitative estimate of drug-likeness (QED) is 0.925. The molecule has 96 valence electrons. The lowest BCUT2D eigenvalue weighted by Crippen LogP contribution is -2.26. The van der Waals surface area contributed by atoms with E-state index in [1.807, 2.05) is 44.6 Å². The lowest BCUT2D eigenvalue weighted by molar-refractivity contribution is 0.0944. The fraction of sp³-hybridized carbons (Fsp3) is 0.385. The van der Waals surface area contributed by atoms with Gasteiger partial charge in [0.15, 0.2) is 0 Å². The Hall–Kier alpha value is -1.62. The Labute approximate surface area is 111 Å². The Morgan fingerprint density at radius 3 is 2.67 bits per heavy atom. The molecule has 0 radical (unpaired) electrons. The number of hydrogen-bond acceptors (Lipinski definition) is 3. The lowest BCUT2D eigenvalue weighted by Gasteiger charge is -2.12. The molecule has 0 saturated carbocycles. The van der Waals surface area contributed by atoms with Crippen LogP contribution in [0.3, 0.4) is 0 Å². The SMILES string of the molecule is Cc1ccc(C(=O)NC(C)c2cnn(C)c2C)s1. The van der Waals surface area contributed by atoms with Gasteiger partial charge in [0.25, 0.3) is 5.91 Å². The molecular weight excluding hydrogens is 246 g/mol. The molecule has 0 aliphatic heterocycles. The molecule has 1 N–H and O–H groups in total. The first-order chi connectivity index (χ1) is 8.49. The summed E-state index contributed by atoms with van der Waals surface area (Å²) in [5.74, 6) is -0.0242. The van der Waals surface area contributed by atoms with E-state index in [0.717, 1.165) is 21.0 Å². The van der Waals surface area contributed by atoms with Gasteiger partial charge in [-0.2, -0.15) is 5.10 Å². The van der Waals surface area contributed by atoms with Gasteiger partial charge in [0.05, 0.1) is 17.1 Å². The predicted molar refractivity (Wildman–Crippen MR) is 72.9 cm³/mol. The van der Waals surface area contributed by atoms with E-state index in [1.165, 1.54) is 11.3 Å². The van der Waals surface area contributed by atoms with Crippen LogP contribution in [0.5, 0.6) is 0 Å². The van der Waals surface area contributed by atoms with Crippen molar-refractivity contribution in [3.05, 3.63) is 39.3 Å². The van der Waals surface area contributed by atoms with Crippen LogP contribution in [0.4, 0.5) is 0 Å². The van der Waals surface area contributed by atoms with Gasteiger partial charge >= 0.3 is 0 Å². The summed E-state index contributed by atoms with van der Waals surface area (Å²) < 4.78 is 1.81. The van der Waals surface area contributed by atoms with E-state index in [2.05, 4.69) is 10.4 Å². The topological polar surface area (TPSA) is 46.9 Å². The molecule has 1 unspecified atom stereocenters. The zero-order valence-electron chi connectivity index (χ0n) is 11.0. The molecule has 2 heterocycles. The molecule has 0 saturated heterocycles.